The van der Waals surface area contributed by atoms with E-state index < -0.39 is 18.9 Å². The monoisotopic (exact) mass is 218 g/mol. The molecule has 1 atom stereocenters. The Morgan fingerprint density at radius 1 is 1.20 bits per heavy atom. The van der Waals surface area contributed by atoms with Crippen molar-refractivity contribution in [1.29, 1.82) is 0 Å². The molecule has 0 aromatic heterocycles. The van der Waals surface area contributed by atoms with Gasteiger partial charge < -0.3 is 4.74 Å². The molecule has 0 spiro atoms. The molecule has 0 N–H and O–H groups in total. The molecule has 1 unspecified atom stereocenters. The Morgan fingerprint density at radius 3 is 2.33 bits per heavy atom. The van der Waals surface area contributed by atoms with Crippen LogP contribution in [0, 0.1) is 0 Å². The Balaban J connectivity index is 2.34. The van der Waals surface area contributed by atoms with Crippen molar-refractivity contribution in [2.75, 3.05) is 6.61 Å². The first kappa shape index (κ1) is 12.0. The molecular weight excluding hydrogens is 205 g/mol. The van der Waals surface area contributed by atoms with Crippen LogP contribution in [0.3, 0.4) is 0 Å². The first-order chi connectivity index (χ1) is 6.97. The van der Waals surface area contributed by atoms with Crippen LogP contribution >= 0.6 is 0 Å². The molecule has 0 saturated heterocycles. The number of hydrogen-bond donors (Lipinski definition) is 0. The predicted octanol–water partition coefficient (Wildman–Crippen LogP) is 3.20. The lowest BCUT2D eigenvalue weighted by Gasteiger charge is -2.14. The molecule has 0 heterocycles. The third-order valence-electron chi connectivity index (χ3n) is 1.90. The van der Waals surface area contributed by atoms with Gasteiger partial charge in [-0.15, -0.1) is 0 Å². The van der Waals surface area contributed by atoms with Gasteiger partial charge in [0.15, 0.2) is 0 Å². The van der Waals surface area contributed by atoms with Crippen molar-refractivity contribution in [3.8, 4) is 0 Å². The standard InChI is InChI=1S/C11H13F3O/c1-9(15-8-11(12,13)14)7-10-5-3-2-4-6-10/h2-6,9H,7-8H2,1H3. The zero-order chi connectivity index (χ0) is 11.3. The predicted molar refractivity (Wildman–Crippen MR) is 51.6 cm³/mol. The maximum absolute atomic E-state index is 11.8. The third-order valence-corrected chi connectivity index (χ3v) is 1.90. The fourth-order valence-corrected chi connectivity index (χ4v) is 1.24. The van der Waals surface area contributed by atoms with Gasteiger partial charge in [-0.2, -0.15) is 13.2 Å². The molecule has 0 bridgehead atoms. The molecule has 0 amide bonds. The molecule has 0 fully saturated rings. The Kier molecular flexibility index (Phi) is 4.15. The zero-order valence-electron chi connectivity index (χ0n) is 8.42. The molecule has 0 aliphatic carbocycles. The summed E-state index contributed by atoms with van der Waals surface area (Å²) in [7, 11) is 0. The number of alkyl halides is 3. The van der Waals surface area contributed by atoms with Crippen LogP contribution in [0.15, 0.2) is 30.3 Å². The Bertz CT molecular complexity index is 282. The van der Waals surface area contributed by atoms with Gasteiger partial charge >= 0.3 is 6.18 Å². The third kappa shape index (κ3) is 5.42. The second kappa shape index (κ2) is 5.16. The van der Waals surface area contributed by atoms with E-state index in [2.05, 4.69) is 4.74 Å². The Hall–Kier alpha value is -1.03. The molecule has 4 heteroatoms. The van der Waals surface area contributed by atoms with Crippen LogP contribution in [0.2, 0.25) is 0 Å². The highest BCUT2D eigenvalue weighted by Crippen LogP contribution is 2.16. The number of ether oxygens (including phenoxy) is 1. The summed E-state index contributed by atoms with van der Waals surface area (Å²) in [5.41, 5.74) is 0.979. The quantitative estimate of drug-likeness (QED) is 0.754. The number of rotatable bonds is 4. The molecule has 1 rings (SSSR count). The van der Waals surface area contributed by atoms with Gasteiger partial charge in [0.25, 0.3) is 0 Å². The minimum Gasteiger partial charge on any atom is -0.369 e. The fourth-order valence-electron chi connectivity index (χ4n) is 1.24. The van der Waals surface area contributed by atoms with Gasteiger partial charge in [-0.25, -0.2) is 0 Å². The lowest BCUT2D eigenvalue weighted by molar-refractivity contribution is -0.183. The van der Waals surface area contributed by atoms with Crippen molar-refractivity contribution in [3.63, 3.8) is 0 Å². The van der Waals surface area contributed by atoms with Crippen molar-refractivity contribution in [1.82, 2.24) is 0 Å². The Labute approximate surface area is 86.9 Å². The summed E-state index contributed by atoms with van der Waals surface area (Å²) in [5, 5.41) is 0. The topological polar surface area (TPSA) is 9.23 Å². The van der Waals surface area contributed by atoms with Gasteiger partial charge in [-0.05, 0) is 18.9 Å². The van der Waals surface area contributed by atoms with Crippen LogP contribution in [0.1, 0.15) is 12.5 Å². The van der Waals surface area contributed by atoms with Gasteiger partial charge in [0.1, 0.15) is 6.61 Å². The minimum atomic E-state index is -4.25. The lowest BCUT2D eigenvalue weighted by Crippen LogP contribution is -2.22. The van der Waals surface area contributed by atoms with E-state index in [9.17, 15) is 13.2 Å². The van der Waals surface area contributed by atoms with Crippen LogP contribution in [-0.4, -0.2) is 18.9 Å². The normalized spacial score (nSPS) is 13.9. The second-order valence-electron chi connectivity index (χ2n) is 3.43. The summed E-state index contributed by atoms with van der Waals surface area (Å²) in [5.74, 6) is 0. The van der Waals surface area contributed by atoms with Gasteiger partial charge in [-0.1, -0.05) is 30.3 Å². The maximum Gasteiger partial charge on any atom is 0.411 e. The SMILES string of the molecule is CC(Cc1ccccc1)OCC(F)(F)F. The van der Waals surface area contributed by atoms with Gasteiger partial charge in [0.2, 0.25) is 0 Å². The van der Waals surface area contributed by atoms with E-state index in [1.165, 1.54) is 0 Å². The molecule has 15 heavy (non-hydrogen) atoms. The van der Waals surface area contributed by atoms with Crippen LogP contribution in [-0.2, 0) is 11.2 Å². The summed E-state index contributed by atoms with van der Waals surface area (Å²) in [4.78, 5) is 0. The maximum atomic E-state index is 11.8. The number of hydrogen-bond acceptors (Lipinski definition) is 1. The van der Waals surface area contributed by atoms with Crippen molar-refractivity contribution in [2.24, 2.45) is 0 Å². The summed E-state index contributed by atoms with van der Waals surface area (Å²) in [6, 6.07) is 9.31. The molecule has 1 aromatic carbocycles. The zero-order valence-corrected chi connectivity index (χ0v) is 8.42. The van der Waals surface area contributed by atoms with Gasteiger partial charge in [0.05, 0.1) is 6.10 Å². The van der Waals surface area contributed by atoms with Crippen LogP contribution in [0.4, 0.5) is 13.2 Å². The molecule has 84 valence electrons. The van der Waals surface area contributed by atoms with Gasteiger partial charge in [-0.3, -0.25) is 0 Å². The molecule has 0 radical (unpaired) electrons. The number of halogens is 3. The summed E-state index contributed by atoms with van der Waals surface area (Å²) < 4.78 is 40.2. The van der Waals surface area contributed by atoms with Crippen LogP contribution in [0.5, 0.6) is 0 Å². The fraction of sp³-hybridized carbons (Fsp3) is 0.455. The van der Waals surface area contributed by atoms with Crippen LogP contribution < -0.4 is 0 Å². The Morgan fingerprint density at radius 2 is 1.80 bits per heavy atom. The van der Waals surface area contributed by atoms with Crippen molar-refractivity contribution in [2.45, 2.75) is 25.6 Å². The van der Waals surface area contributed by atoms with Gasteiger partial charge in [0, 0.05) is 0 Å². The summed E-state index contributed by atoms with van der Waals surface area (Å²) in [6.07, 6.45) is -4.17. The molecule has 1 aromatic rings. The largest absolute Gasteiger partial charge is 0.411 e. The highest BCUT2D eigenvalue weighted by molar-refractivity contribution is 5.15. The highest BCUT2D eigenvalue weighted by Gasteiger charge is 2.28. The van der Waals surface area contributed by atoms with E-state index in [4.69, 9.17) is 0 Å². The molecular formula is C11H13F3O. The molecule has 0 aliphatic rings. The van der Waals surface area contributed by atoms with E-state index in [-0.39, 0.29) is 0 Å². The van der Waals surface area contributed by atoms with Crippen molar-refractivity contribution in [3.05, 3.63) is 35.9 Å². The van der Waals surface area contributed by atoms with Crippen molar-refractivity contribution < 1.29 is 17.9 Å². The van der Waals surface area contributed by atoms with E-state index in [0.29, 0.717) is 6.42 Å². The first-order valence-electron chi connectivity index (χ1n) is 4.69. The molecule has 0 aliphatic heterocycles. The molecule has 1 nitrogen and oxygen atoms in total. The average Bonchev–Trinajstić information content (AvgIpc) is 2.15. The average molecular weight is 218 g/mol. The highest BCUT2D eigenvalue weighted by atomic mass is 19.4. The summed E-state index contributed by atoms with van der Waals surface area (Å²) >= 11 is 0. The lowest BCUT2D eigenvalue weighted by atomic mass is 10.1. The second-order valence-corrected chi connectivity index (χ2v) is 3.43. The smallest absolute Gasteiger partial charge is 0.369 e. The first-order valence-corrected chi connectivity index (χ1v) is 4.69. The minimum absolute atomic E-state index is 0.422. The number of benzene rings is 1. The van der Waals surface area contributed by atoms with E-state index in [1.807, 2.05) is 30.3 Å². The molecule has 0 saturated carbocycles. The van der Waals surface area contributed by atoms with E-state index in [0.717, 1.165) is 5.56 Å². The van der Waals surface area contributed by atoms with Crippen molar-refractivity contribution >= 4 is 0 Å². The van der Waals surface area contributed by atoms with Crippen LogP contribution in [0.25, 0.3) is 0 Å². The van der Waals surface area contributed by atoms with E-state index >= 15 is 0 Å². The van der Waals surface area contributed by atoms with E-state index in [1.54, 1.807) is 6.92 Å². The summed E-state index contributed by atoms with van der Waals surface area (Å²) in [6.45, 7) is 0.458.